The van der Waals surface area contributed by atoms with Crippen LogP contribution in [0.3, 0.4) is 0 Å². The summed E-state index contributed by atoms with van der Waals surface area (Å²) in [7, 11) is 0. The van der Waals surface area contributed by atoms with E-state index >= 15 is 0 Å². The molecule has 0 fully saturated rings. The average molecular weight is 414 g/mol. The van der Waals surface area contributed by atoms with Gasteiger partial charge in [0.25, 0.3) is 0 Å². The van der Waals surface area contributed by atoms with Gasteiger partial charge in [-0.25, -0.2) is 8.78 Å². The largest absolute Gasteiger partial charge is 0.447 e. The zero-order valence-electron chi connectivity index (χ0n) is 15.6. The maximum atomic E-state index is 14.6. The Morgan fingerprint density at radius 3 is 2.76 bits per heavy atom. The number of anilines is 1. The van der Waals surface area contributed by atoms with E-state index in [0.29, 0.717) is 22.1 Å². The number of carbonyl (C=O) groups excluding carboxylic acids is 1. The van der Waals surface area contributed by atoms with Crippen molar-refractivity contribution in [1.82, 2.24) is 15.2 Å². The molecule has 29 heavy (non-hydrogen) atoms. The standard InChI is InChI=1S/C20H16F2N4O2S/c1-3-29-20-23-18-17(24-25-20)13-6-4-5-7-16(13)26(11(2)27)19(28-18)14-10-12(21)8-9-15(14)22/h4-10,19H,3H2,1-2H3/t19-/m0/s1. The van der Waals surface area contributed by atoms with Gasteiger partial charge < -0.3 is 4.74 Å². The van der Waals surface area contributed by atoms with Crippen molar-refractivity contribution in [1.29, 1.82) is 0 Å². The molecule has 0 saturated carbocycles. The summed E-state index contributed by atoms with van der Waals surface area (Å²) in [5.74, 6) is -0.933. The third kappa shape index (κ3) is 3.53. The number of fused-ring (bicyclic) bond motifs is 3. The van der Waals surface area contributed by atoms with Crippen molar-refractivity contribution in [2.24, 2.45) is 0 Å². The van der Waals surface area contributed by atoms with E-state index in [9.17, 15) is 13.6 Å². The van der Waals surface area contributed by atoms with Crippen LogP contribution in [-0.2, 0) is 4.79 Å². The van der Waals surface area contributed by atoms with Gasteiger partial charge in [0, 0.05) is 12.5 Å². The van der Waals surface area contributed by atoms with Crippen LogP contribution in [0.5, 0.6) is 5.88 Å². The van der Waals surface area contributed by atoms with Crippen LogP contribution in [0.2, 0.25) is 0 Å². The first kappa shape index (κ1) is 19.3. The highest BCUT2D eigenvalue weighted by Crippen LogP contribution is 2.43. The maximum absolute atomic E-state index is 14.6. The number of carbonyl (C=O) groups is 1. The molecule has 0 unspecified atom stereocenters. The summed E-state index contributed by atoms with van der Waals surface area (Å²) in [6.45, 7) is 3.27. The minimum Gasteiger partial charge on any atom is -0.447 e. The predicted octanol–water partition coefficient (Wildman–Crippen LogP) is 4.37. The first-order chi connectivity index (χ1) is 14.0. The molecule has 1 atom stereocenters. The van der Waals surface area contributed by atoms with E-state index in [4.69, 9.17) is 4.74 Å². The summed E-state index contributed by atoms with van der Waals surface area (Å²) in [5, 5.41) is 8.73. The third-order valence-electron chi connectivity index (χ3n) is 4.35. The van der Waals surface area contributed by atoms with Gasteiger partial charge in [-0.1, -0.05) is 36.9 Å². The van der Waals surface area contributed by atoms with Crippen LogP contribution >= 0.6 is 11.8 Å². The lowest BCUT2D eigenvalue weighted by atomic mass is 10.1. The van der Waals surface area contributed by atoms with E-state index in [2.05, 4.69) is 15.2 Å². The molecule has 0 spiro atoms. The number of aromatic nitrogens is 3. The Labute approximate surface area is 169 Å². The van der Waals surface area contributed by atoms with Crippen LogP contribution in [0.25, 0.3) is 11.3 Å². The van der Waals surface area contributed by atoms with Crippen molar-refractivity contribution in [2.45, 2.75) is 25.2 Å². The molecule has 0 saturated heterocycles. The molecule has 1 amide bonds. The minimum absolute atomic E-state index is 0.0980. The summed E-state index contributed by atoms with van der Waals surface area (Å²) in [4.78, 5) is 18.2. The van der Waals surface area contributed by atoms with E-state index in [0.717, 1.165) is 24.0 Å². The SMILES string of the molecule is CCSc1nnc2c(n1)O[C@@H](c1cc(F)ccc1F)N(C(C)=O)c1ccccc1-2. The normalized spacial score (nSPS) is 15.2. The molecule has 1 aliphatic rings. The predicted molar refractivity (Wildman–Crippen MR) is 105 cm³/mol. The van der Waals surface area contributed by atoms with E-state index < -0.39 is 23.8 Å². The van der Waals surface area contributed by atoms with E-state index in [-0.39, 0.29) is 11.4 Å². The Bertz CT molecular complexity index is 1100. The molecule has 1 aliphatic heterocycles. The number of amides is 1. The van der Waals surface area contributed by atoms with Crippen LogP contribution in [0.15, 0.2) is 47.6 Å². The van der Waals surface area contributed by atoms with Gasteiger partial charge in [0.2, 0.25) is 23.2 Å². The number of thioether (sulfide) groups is 1. The second-order valence-electron chi connectivity index (χ2n) is 6.22. The number of nitrogens with zero attached hydrogens (tertiary/aromatic N) is 4. The highest BCUT2D eigenvalue weighted by Gasteiger charge is 2.36. The molecule has 6 nitrogen and oxygen atoms in total. The Balaban J connectivity index is 1.98. The van der Waals surface area contributed by atoms with Crippen molar-refractivity contribution in [3.8, 4) is 17.1 Å². The van der Waals surface area contributed by atoms with Crippen LogP contribution < -0.4 is 9.64 Å². The van der Waals surface area contributed by atoms with Gasteiger partial charge in [-0.05, 0) is 30.0 Å². The summed E-state index contributed by atoms with van der Waals surface area (Å²) in [6, 6.07) is 9.98. The second-order valence-corrected chi connectivity index (χ2v) is 7.45. The zero-order chi connectivity index (χ0) is 20.5. The molecule has 4 rings (SSSR count). The monoisotopic (exact) mass is 414 g/mol. The van der Waals surface area contributed by atoms with Crippen LogP contribution in [0, 0.1) is 11.6 Å². The zero-order valence-corrected chi connectivity index (χ0v) is 16.4. The molecule has 148 valence electrons. The van der Waals surface area contributed by atoms with Gasteiger partial charge in [-0.3, -0.25) is 9.69 Å². The highest BCUT2D eigenvalue weighted by atomic mass is 32.2. The lowest BCUT2D eigenvalue weighted by molar-refractivity contribution is -0.118. The molecule has 0 radical (unpaired) electrons. The van der Waals surface area contributed by atoms with Crippen LogP contribution in [-0.4, -0.2) is 26.8 Å². The Morgan fingerprint density at radius 1 is 1.21 bits per heavy atom. The number of hydrogen-bond acceptors (Lipinski definition) is 6. The fraction of sp³-hybridized carbons (Fsp3) is 0.200. The van der Waals surface area contributed by atoms with Gasteiger partial charge in [-0.15, -0.1) is 10.2 Å². The van der Waals surface area contributed by atoms with Crippen molar-refractivity contribution in [2.75, 3.05) is 10.7 Å². The summed E-state index contributed by atoms with van der Waals surface area (Å²) in [6.07, 6.45) is -1.26. The highest BCUT2D eigenvalue weighted by molar-refractivity contribution is 7.99. The second kappa shape index (κ2) is 7.75. The molecular weight excluding hydrogens is 398 g/mol. The van der Waals surface area contributed by atoms with E-state index in [1.807, 2.05) is 6.92 Å². The van der Waals surface area contributed by atoms with Crippen molar-refractivity contribution < 1.29 is 18.3 Å². The molecule has 0 aliphatic carbocycles. The lowest BCUT2D eigenvalue weighted by Crippen LogP contribution is -2.36. The summed E-state index contributed by atoms with van der Waals surface area (Å²) >= 11 is 1.37. The third-order valence-corrected chi connectivity index (χ3v) is 5.07. The minimum atomic E-state index is -1.26. The molecule has 2 heterocycles. The number of rotatable bonds is 3. The molecule has 3 aromatic rings. The van der Waals surface area contributed by atoms with Gasteiger partial charge in [-0.2, -0.15) is 4.98 Å². The Hall–Kier alpha value is -3.07. The van der Waals surface area contributed by atoms with E-state index in [1.165, 1.54) is 23.6 Å². The molecule has 0 N–H and O–H groups in total. The number of halogens is 2. The van der Waals surface area contributed by atoms with Crippen molar-refractivity contribution >= 4 is 23.4 Å². The fourth-order valence-electron chi connectivity index (χ4n) is 3.15. The lowest BCUT2D eigenvalue weighted by Gasteiger charge is -2.30. The first-order valence-electron chi connectivity index (χ1n) is 8.88. The number of para-hydroxylation sites is 1. The summed E-state index contributed by atoms with van der Waals surface area (Å²) < 4.78 is 34.6. The number of benzene rings is 2. The first-order valence-corrected chi connectivity index (χ1v) is 9.86. The Kier molecular flexibility index (Phi) is 5.14. The van der Waals surface area contributed by atoms with Gasteiger partial charge >= 0.3 is 0 Å². The average Bonchev–Trinajstić information content (AvgIpc) is 2.84. The van der Waals surface area contributed by atoms with Gasteiger partial charge in [0.1, 0.15) is 11.6 Å². The maximum Gasteiger partial charge on any atom is 0.247 e. The topological polar surface area (TPSA) is 68.2 Å². The van der Waals surface area contributed by atoms with E-state index in [1.54, 1.807) is 24.3 Å². The Morgan fingerprint density at radius 2 is 2.00 bits per heavy atom. The fourth-order valence-corrected chi connectivity index (χ4v) is 3.65. The van der Waals surface area contributed by atoms with Crippen molar-refractivity contribution in [3.63, 3.8) is 0 Å². The molecular formula is C20H16F2N4O2S. The quantitative estimate of drug-likeness (QED) is 0.593. The van der Waals surface area contributed by atoms with Gasteiger partial charge in [0.15, 0.2) is 5.69 Å². The molecule has 9 heteroatoms. The molecule has 0 bridgehead atoms. The number of ether oxygens (including phenoxy) is 1. The summed E-state index contributed by atoms with van der Waals surface area (Å²) in [5.41, 5.74) is 1.21. The molecule has 2 aromatic carbocycles. The van der Waals surface area contributed by atoms with Crippen LogP contribution in [0.1, 0.15) is 25.6 Å². The van der Waals surface area contributed by atoms with Crippen molar-refractivity contribution in [3.05, 3.63) is 59.7 Å². The molecule has 1 aromatic heterocycles. The number of hydrogen-bond donors (Lipinski definition) is 0. The smallest absolute Gasteiger partial charge is 0.247 e. The van der Waals surface area contributed by atoms with Crippen LogP contribution in [0.4, 0.5) is 14.5 Å². The van der Waals surface area contributed by atoms with Gasteiger partial charge in [0.05, 0.1) is 11.3 Å².